The summed E-state index contributed by atoms with van der Waals surface area (Å²) in [7, 11) is -1.33. The Morgan fingerprint density at radius 3 is 2.16 bits per heavy atom. The maximum atomic E-state index is 12.5. The van der Waals surface area contributed by atoms with Crippen LogP contribution in [-0.2, 0) is 14.8 Å². The molecule has 0 radical (unpaired) electrons. The van der Waals surface area contributed by atoms with Gasteiger partial charge in [-0.2, -0.15) is 0 Å². The Kier molecular flexibility index (Phi) is 5.43. The summed E-state index contributed by atoms with van der Waals surface area (Å²) < 4.78 is 37.1. The van der Waals surface area contributed by atoms with Crippen molar-refractivity contribution in [1.82, 2.24) is 0 Å². The Morgan fingerprint density at radius 2 is 1.64 bits per heavy atom. The molecule has 0 saturated carbocycles. The molecule has 1 N–H and O–H groups in total. The van der Waals surface area contributed by atoms with Crippen LogP contribution >= 0.6 is 0 Å². The Balaban J connectivity index is 2.40. The molecular formula is C17H17NO6S. The molecular weight excluding hydrogens is 346 g/mol. The maximum Gasteiger partial charge on any atom is 0.340 e. The van der Waals surface area contributed by atoms with E-state index in [-0.39, 0.29) is 21.9 Å². The molecule has 0 amide bonds. The fraction of sp³-hybridized carbons (Fsp3) is 0.176. The lowest BCUT2D eigenvalue weighted by atomic mass is 10.2. The first-order valence-electron chi connectivity index (χ1n) is 7.18. The molecule has 0 aliphatic rings. The van der Waals surface area contributed by atoms with Gasteiger partial charge in [-0.05, 0) is 37.3 Å². The van der Waals surface area contributed by atoms with Gasteiger partial charge in [0.25, 0.3) is 10.0 Å². The zero-order valence-corrected chi connectivity index (χ0v) is 14.7. The Labute approximate surface area is 145 Å². The number of rotatable bonds is 6. The van der Waals surface area contributed by atoms with Crippen molar-refractivity contribution in [2.45, 2.75) is 11.8 Å². The predicted molar refractivity (Wildman–Crippen MR) is 91.6 cm³/mol. The van der Waals surface area contributed by atoms with Crippen LogP contribution < -0.4 is 9.46 Å². The van der Waals surface area contributed by atoms with E-state index in [0.29, 0.717) is 11.3 Å². The van der Waals surface area contributed by atoms with Gasteiger partial charge < -0.3 is 9.47 Å². The van der Waals surface area contributed by atoms with E-state index in [9.17, 15) is 18.0 Å². The van der Waals surface area contributed by atoms with E-state index in [1.54, 1.807) is 0 Å². The molecule has 0 aromatic heterocycles. The van der Waals surface area contributed by atoms with Gasteiger partial charge >= 0.3 is 5.97 Å². The van der Waals surface area contributed by atoms with E-state index < -0.39 is 16.0 Å². The first-order valence-corrected chi connectivity index (χ1v) is 8.67. The number of methoxy groups -OCH3 is 2. The summed E-state index contributed by atoms with van der Waals surface area (Å²) in [4.78, 5) is 23.1. The number of benzene rings is 2. The van der Waals surface area contributed by atoms with Gasteiger partial charge in [-0.15, -0.1) is 0 Å². The SMILES string of the molecule is COC(=O)c1cc(OC)ccc1NS(=O)(=O)c1ccc(C(C)=O)cc1. The third-order valence-electron chi connectivity index (χ3n) is 3.45. The number of hydrogen-bond acceptors (Lipinski definition) is 6. The minimum absolute atomic E-state index is 0.0192. The largest absolute Gasteiger partial charge is 0.497 e. The number of carbonyl (C=O) groups excluding carboxylic acids is 2. The molecule has 0 spiro atoms. The molecule has 8 heteroatoms. The molecule has 2 aromatic rings. The number of Topliss-reactive ketones (excluding diaryl/α,β-unsaturated/α-hetero) is 1. The zero-order chi connectivity index (χ0) is 18.6. The highest BCUT2D eigenvalue weighted by molar-refractivity contribution is 7.92. The lowest BCUT2D eigenvalue weighted by Crippen LogP contribution is -2.16. The molecule has 132 valence electrons. The van der Waals surface area contributed by atoms with Gasteiger partial charge in [0.15, 0.2) is 5.78 Å². The van der Waals surface area contributed by atoms with Gasteiger partial charge in [0, 0.05) is 5.56 Å². The van der Waals surface area contributed by atoms with Crippen molar-refractivity contribution in [2.24, 2.45) is 0 Å². The molecule has 25 heavy (non-hydrogen) atoms. The highest BCUT2D eigenvalue weighted by Gasteiger charge is 2.20. The highest BCUT2D eigenvalue weighted by Crippen LogP contribution is 2.25. The number of nitrogens with one attached hydrogen (secondary N) is 1. The number of esters is 1. The molecule has 0 aliphatic heterocycles. The monoisotopic (exact) mass is 363 g/mol. The van der Waals surface area contributed by atoms with Crippen LogP contribution in [0.4, 0.5) is 5.69 Å². The minimum atomic E-state index is -3.95. The van der Waals surface area contributed by atoms with E-state index in [0.717, 1.165) is 0 Å². The van der Waals surface area contributed by atoms with E-state index in [1.165, 1.54) is 63.6 Å². The average Bonchev–Trinajstić information content (AvgIpc) is 2.61. The van der Waals surface area contributed by atoms with Gasteiger partial charge in [-0.1, -0.05) is 12.1 Å². The van der Waals surface area contributed by atoms with Gasteiger partial charge in [-0.25, -0.2) is 13.2 Å². The van der Waals surface area contributed by atoms with Crippen LogP contribution in [0.3, 0.4) is 0 Å². The number of anilines is 1. The normalized spacial score (nSPS) is 10.8. The molecule has 0 heterocycles. The van der Waals surface area contributed by atoms with Crippen molar-refractivity contribution < 1.29 is 27.5 Å². The second-order valence-electron chi connectivity index (χ2n) is 5.09. The quantitative estimate of drug-likeness (QED) is 0.625. The maximum absolute atomic E-state index is 12.5. The average molecular weight is 363 g/mol. The molecule has 0 saturated heterocycles. The molecule has 7 nitrogen and oxygen atoms in total. The number of ketones is 1. The molecule has 2 aromatic carbocycles. The molecule has 0 bridgehead atoms. The van der Waals surface area contributed by atoms with Crippen LogP contribution in [0, 0.1) is 0 Å². The van der Waals surface area contributed by atoms with Crippen LogP contribution in [0.1, 0.15) is 27.6 Å². The van der Waals surface area contributed by atoms with E-state index in [2.05, 4.69) is 9.46 Å². The van der Waals surface area contributed by atoms with Crippen LogP contribution in [0.15, 0.2) is 47.4 Å². The lowest BCUT2D eigenvalue weighted by molar-refractivity contribution is 0.0601. The fourth-order valence-electron chi connectivity index (χ4n) is 2.09. The van der Waals surface area contributed by atoms with Crippen molar-refractivity contribution >= 4 is 27.5 Å². The lowest BCUT2D eigenvalue weighted by Gasteiger charge is -2.13. The Bertz CT molecular complexity index is 903. The van der Waals surface area contributed by atoms with Crippen LogP contribution in [0.25, 0.3) is 0 Å². The summed E-state index contributed by atoms with van der Waals surface area (Å²) in [5, 5.41) is 0. The van der Waals surface area contributed by atoms with E-state index in [1.807, 2.05) is 0 Å². The van der Waals surface area contributed by atoms with E-state index >= 15 is 0 Å². The fourth-order valence-corrected chi connectivity index (χ4v) is 3.17. The standard InChI is InChI=1S/C17H17NO6S/c1-11(19)12-4-7-14(8-5-12)25(21,22)18-16-9-6-13(23-2)10-15(16)17(20)24-3/h4-10,18H,1-3H3. The van der Waals surface area contributed by atoms with Crippen molar-refractivity contribution in [1.29, 1.82) is 0 Å². The highest BCUT2D eigenvalue weighted by atomic mass is 32.2. The van der Waals surface area contributed by atoms with E-state index in [4.69, 9.17) is 4.74 Å². The zero-order valence-electron chi connectivity index (χ0n) is 13.9. The number of carbonyl (C=O) groups is 2. The first-order chi connectivity index (χ1) is 11.8. The van der Waals surface area contributed by atoms with Gasteiger partial charge in [0.2, 0.25) is 0 Å². The predicted octanol–water partition coefficient (Wildman–Crippen LogP) is 2.49. The summed E-state index contributed by atoms with van der Waals surface area (Å²) >= 11 is 0. The third-order valence-corrected chi connectivity index (χ3v) is 4.83. The number of ether oxygens (including phenoxy) is 2. The van der Waals surface area contributed by atoms with Gasteiger partial charge in [0.1, 0.15) is 5.75 Å². The van der Waals surface area contributed by atoms with Crippen LogP contribution in [-0.4, -0.2) is 34.4 Å². The molecule has 0 unspecified atom stereocenters. The van der Waals surface area contributed by atoms with Gasteiger partial charge in [-0.3, -0.25) is 9.52 Å². The summed E-state index contributed by atoms with van der Waals surface area (Å²) in [5.74, 6) is -0.488. The van der Waals surface area contributed by atoms with Crippen molar-refractivity contribution in [3.05, 3.63) is 53.6 Å². The second kappa shape index (κ2) is 7.35. The van der Waals surface area contributed by atoms with Crippen LogP contribution in [0.5, 0.6) is 5.75 Å². The summed E-state index contributed by atoms with van der Waals surface area (Å²) in [5.41, 5.74) is 0.479. The number of sulfonamides is 1. The van der Waals surface area contributed by atoms with Crippen molar-refractivity contribution in [2.75, 3.05) is 18.9 Å². The summed E-state index contributed by atoms with van der Waals surface area (Å²) in [6.45, 7) is 1.39. The number of hydrogen-bond donors (Lipinski definition) is 1. The molecule has 0 aliphatic carbocycles. The molecule has 0 atom stereocenters. The Morgan fingerprint density at radius 1 is 1.00 bits per heavy atom. The second-order valence-corrected chi connectivity index (χ2v) is 6.77. The third kappa shape index (κ3) is 4.16. The smallest absolute Gasteiger partial charge is 0.340 e. The first kappa shape index (κ1) is 18.5. The molecule has 0 fully saturated rings. The van der Waals surface area contributed by atoms with Crippen LogP contribution in [0.2, 0.25) is 0 Å². The van der Waals surface area contributed by atoms with Gasteiger partial charge in [0.05, 0.1) is 30.4 Å². The Hall–Kier alpha value is -2.87. The summed E-state index contributed by atoms with van der Waals surface area (Å²) in [6, 6.07) is 9.79. The van der Waals surface area contributed by atoms with Crippen molar-refractivity contribution in [3.63, 3.8) is 0 Å². The topological polar surface area (TPSA) is 98.8 Å². The van der Waals surface area contributed by atoms with Crippen molar-refractivity contribution in [3.8, 4) is 5.75 Å². The summed E-state index contributed by atoms with van der Waals surface area (Å²) in [6.07, 6.45) is 0. The minimum Gasteiger partial charge on any atom is -0.497 e. The molecule has 2 rings (SSSR count).